The monoisotopic (exact) mass is 224 g/mol. The van der Waals surface area contributed by atoms with Gasteiger partial charge < -0.3 is 9.47 Å². The van der Waals surface area contributed by atoms with Crippen LogP contribution in [0.25, 0.3) is 0 Å². The normalized spacial score (nSPS) is 22.2. The summed E-state index contributed by atoms with van der Waals surface area (Å²) in [7, 11) is 3.50. The molecule has 2 heteroatoms. The first-order chi connectivity index (χ1) is 7.50. The molecule has 2 nitrogen and oxygen atoms in total. The molecule has 1 atom stereocenters. The van der Waals surface area contributed by atoms with Crippen molar-refractivity contribution in [1.82, 2.24) is 0 Å². The minimum absolute atomic E-state index is 0.172. The van der Waals surface area contributed by atoms with E-state index in [1.54, 1.807) is 14.2 Å². The van der Waals surface area contributed by atoms with Crippen LogP contribution in [0.15, 0.2) is 23.5 Å². The van der Waals surface area contributed by atoms with Crippen LogP contribution in [-0.4, -0.2) is 20.8 Å². The zero-order valence-corrected chi connectivity index (χ0v) is 11.2. The molecule has 0 aromatic heterocycles. The Kier molecular flexibility index (Phi) is 4.60. The molecule has 1 unspecified atom stereocenters. The predicted octanol–water partition coefficient (Wildman–Crippen LogP) is 3.55. The van der Waals surface area contributed by atoms with Gasteiger partial charge in [-0.05, 0) is 24.3 Å². The van der Waals surface area contributed by atoms with Crippen LogP contribution >= 0.6 is 0 Å². The van der Waals surface area contributed by atoms with Crippen LogP contribution in [0.5, 0.6) is 0 Å². The van der Waals surface area contributed by atoms with Gasteiger partial charge >= 0.3 is 0 Å². The van der Waals surface area contributed by atoms with Crippen molar-refractivity contribution in [3.63, 3.8) is 0 Å². The third-order valence-electron chi connectivity index (χ3n) is 3.09. The lowest BCUT2D eigenvalue weighted by atomic mass is 9.77. The Bertz CT molecular complexity index is 282. The smallest absolute Gasteiger partial charge is 0.0987 e. The molecule has 0 heterocycles. The summed E-state index contributed by atoms with van der Waals surface area (Å²) >= 11 is 0. The van der Waals surface area contributed by atoms with Crippen LogP contribution < -0.4 is 0 Å². The van der Waals surface area contributed by atoms with Crippen molar-refractivity contribution >= 4 is 0 Å². The van der Waals surface area contributed by atoms with Gasteiger partial charge in [0.1, 0.15) is 0 Å². The average Bonchev–Trinajstić information content (AvgIpc) is 2.64. The van der Waals surface area contributed by atoms with Crippen molar-refractivity contribution in [1.29, 1.82) is 0 Å². The zero-order chi connectivity index (χ0) is 12.2. The topological polar surface area (TPSA) is 18.5 Å². The molecular weight excluding hydrogens is 200 g/mol. The second-order valence-electron chi connectivity index (χ2n) is 5.31. The summed E-state index contributed by atoms with van der Waals surface area (Å²) in [4.78, 5) is 0. The van der Waals surface area contributed by atoms with Gasteiger partial charge in [0.15, 0.2) is 0 Å². The van der Waals surface area contributed by atoms with Crippen LogP contribution in [-0.2, 0) is 9.47 Å². The third-order valence-corrected chi connectivity index (χ3v) is 3.09. The predicted molar refractivity (Wildman–Crippen MR) is 67.2 cm³/mol. The summed E-state index contributed by atoms with van der Waals surface area (Å²) in [5.41, 5.74) is 1.60. The molecule has 0 saturated heterocycles. The molecule has 1 aliphatic rings. The fourth-order valence-electron chi connectivity index (χ4n) is 2.36. The highest BCUT2D eigenvalue weighted by Crippen LogP contribution is 2.41. The second-order valence-corrected chi connectivity index (χ2v) is 5.31. The van der Waals surface area contributed by atoms with E-state index in [-0.39, 0.29) is 5.41 Å². The first-order valence-electron chi connectivity index (χ1n) is 5.94. The SMILES string of the molecule is COC/C=C(/C1CCC=C1OC)C(C)(C)C. The molecule has 16 heavy (non-hydrogen) atoms. The molecule has 0 aromatic carbocycles. The molecule has 92 valence electrons. The van der Waals surface area contributed by atoms with Gasteiger partial charge in [-0.3, -0.25) is 0 Å². The van der Waals surface area contributed by atoms with Crippen molar-refractivity contribution in [3.05, 3.63) is 23.5 Å². The molecule has 0 bridgehead atoms. The summed E-state index contributed by atoms with van der Waals surface area (Å²) in [6.07, 6.45) is 6.70. The first-order valence-corrected chi connectivity index (χ1v) is 5.94. The fourth-order valence-corrected chi connectivity index (χ4v) is 2.36. The Morgan fingerprint density at radius 1 is 1.44 bits per heavy atom. The van der Waals surface area contributed by atoms with Crippen LogP contribution in [0, 0.1) is 11.3 Å². The highest BCUT2D eigenvalue weighted by atomic mass is 16.5. The Labute approximate surface area is 99.3 Å². The average molecular weight is 224 g/mol. The number of ether oxygens (including phenoxy) is 2. The molecule has 0 saturated carbocycles. The van der Waals surface area contributed by atoms with Gasteiger partial charge in [-0.25, -0.2) is 0 Å². The minimum Gasteiger partial charge on any atom is -0.501 e. The standard InChI is InChI=1S/C14H24O2/c1-14(2,3)12(9-10-15-4)11-7-6-8-13(11)16-5/h8-9,11H,6-7,10H2,1-5H3/b12-9-. The molecule has 1 rings (SSSR count). The molecule has 1 aliphatic carbocycles. The van der Waals surface area contributed by atoms with Crippen molar-refractivity contribution in [2.24, 2.45) is 11.3 Å². The summed E-state index contributed by atoms with van der Waals surface area (Å²) in [6, 6.07) is 0. The van der Waals surface area contributed by atoms with Gasteiger partial charge in [0, 0.05) is 13.0 Å². The minimum atomic E-state index is 0.172. The summed E-state index contributed by atoms with van der Waals surface area (Å²) < 4.78 is 10.6. The fraction of sp³-hybridized carbons (Fsp3) is 0.714. The number of methoxy groups -OCH3 is 2. The summed E-state index contributed by atoms with van der Waals surface area (Å²) in [5.74, 6) is 1.57. The maximum atomic E-state index is 5.46. The lowest BCUT2D eigenvalue weighted by molar-refractivity contribution is 0.225. The van der Waals surface area contributed by atoms with E-state index in [9.17, 15) is 0 Å². The van der Waals surface area contributed by atoms with Gasteiger partial charge in [0.25, 0.3) is 0 Å². The number of hydrogen-bond donors (Lipinski definition) is 0. The number of allylic oxidation sites excluding steroid dienone is 2. The second kappa shape index (κ2) is 5.53. The molecule has 0 fully saturated rings. The van der Waals surface area contributed by atoms with Gasteiger partial charge in [-0.15, -0.1) is 0 Å². The Balaban J connectivity index is 2.90. The van der Waals surface area contributed by atoms with E-state index in [2.05, 4.69) is 32.9 Å². The van der Waals surface area contributed by atoms with Crippen LogP contribution in [0.2, 0.25) is 0 Å². The molecular formula is C14H24O2. The largest absolute Gasteiger partial charge is 0.501 e. The number of hydrogen-bond acceptors (Lipinski definition) is 2. The van der Waals surface area contributed by atoms with Gasteiger partial charge in [-0.2, -0.15) is 0 Å². The molecule has 0 aliphatic heterocycles. The van der Waals surface area contributed by atoms with Crippen LogP contribution in [0.4, 0.5) is 0 Å². The van der Waals surface area contributed by atoms with Gasteiger partial charge in [-0.1, -0.05) is 32.4 Å². The van der Waals surface area contributed by atoms with E-state index in [0.717, 1.165) is 18.6 Å². The van der Waals surface area contributed by atoms with Crippen LogP contribution in [0.1, 0.15) is 33.6 Å². The zero-order valence-electron chi connectivity index (χ0n) is 11.2. The highest BCUT2D eigenvalue weighted by Gasteiger charge is 2.30. The lowest BCUT2D eigenvalue weighted by Gasteiger charge is -2.29. The van der Waals surface area contributed by atoms with Gasteiger partial charge in [0.05, 0.1) is 19.5 Å². The quantitative estimate of drug-likeness (QED) is 0.680. The maximum Gasteiger partial charge on any atom is 0.0987 e. The lowest BCUT2D eigenvalue weighted by Crippen LogP contribution is -2.19. The van der Waals surface area contributed by atoms with Crippen molar-refractivity contribution < 1.29 is 9.47 Å². The molecule has 0 N–H and O–H groups in total. The van der Waals surface area contributed by atoms with E-state index >= 15 is 0 Å². The third kappa shape index (κ3) is 3.11. The van der Waals surface area contributed by atoms with E-state index in [1.165, 1.54) is 5.57 Å². The van der Waals surface area contributed by atoms with Crippen molar-refractivity contribution in [2.75, 3.05) is 20.8 Å². The van der Waals surface area contributed by atoms with E-state index < -0.39 is 0 Å². The molecule has 0 spiro atoms. The molecule has 0 amide bonds. The Hall–Kier alpha value is -0.760. The first kappa shape index (κ1) is 13.3. The van der Waals surface area contributed by atoms with Crippen molar-refractivity contribution in [2.45, 2.75) is 33.6 Å². The van der Waals surface area contributed by atoms with Crippen molar-refractivity contribution in [3.8, 4) is 0 Å². The van der Waals surface area contributed by atoms with E-state index in [1.807, 2.05) is 0 Å². The summed E-state index contributed by atoms with van der Waals surface area (Å²) in [6.45, 7) is 7.43. The van der Waals surface area contributed by atoms with E-state index in [4.69, 9.17) is 9.47 Å². The number of rotatable bonds is 4. The Morgan fingerprint density at radius 3 is 2.62 bits per heavy atom. The molecule has 0 radical (unpaired) electrons. The Morgan fingerprint density at radius 2 is 2.12 bits per heavy atom. The van der Waals surface area contributed by atoms with E-state index in [0.29, 0.717) is 12.5 Å². The molecule has 0 aromatic rings. The van der Waals surface area contributed by atoms with Gasteiger partial charge in [0.2, 0.25) is 0 Å². The van der Waals surface area contributed by atoms with Crippen LogP contribution in [0.3, 0.4) is 0 Å². The summed E-state index contributed by atoms with van der Waals surface area (Å²) in [5, 5.41) is 0. The highest BCUT2D eigenvalue weighted by molar-refractivity contribution is 5.26. The maximum absolute atomic E-state index is 5.46.